The zero-order valence-electron chi connectivity index (χ0n) is 15.2. The lowest BCUT2D eigenvalue weighted by Gasteiger charge is -2.11. The number of fused-ring (bicyclic) bond motifs is 1. The number of esters is 1. The first-order chi connectivity index (χ1) is 13.1. The van der Waals surface area contributed by atoms with E-state index >= 15 is 0 Å². The second kappa shape index (κ2) is 7.52. The summed E-state index contributed by atoms with van der Waals surface area (Å²) >= 11 is 0. The van der Waals surface area contributed by atoms with Crippen LogP contribution in [0.3, 0.4) is 0 Å². The molecule has 28 heavy (non-hydrogen) atoms. The summed E-state index contributed by atoms with van der Waals surface area (Å²) < 4.78 is 42.0. The zero-order valence-corrected chi connectivity index (χ0v) is 16.0. The summed E-state index contributed by atoms with van der Waals surface area (Å²) in [5.41, 5.74) is 1.10. The highest BCUT2D eigenvalue weighted by Gasteiger charge is 2.16. The highest BCUT2D eigenvalue weighted by molar-refractivity contribution is 7.90. The molecule has 0 atom stereocenters. The number of sulfone groups is 1. The highest BCUT2D eigenvalue weighted by Crippen LogP contribution is 2.26. The topological polar surface area (TPSA) is 77.5 Å². The number of carbonyl (C=O) groups excluding carboxylic acids is 2. The number of halogens is 1. The van der Waals surface area contributed by atoms with Gasteiger partial charge in [-0.25, -0.2) is 12.8 Å². The van der Waals surface area contributed by atoms with Crippen molar-refractivity contribution < 1.29 is 27.1 Å². The van der Waals surface area contributed by atoms with Gasteiger partial charge in [-0.15, -0.1) is 0 Å². The van der Waals surface area contributed by atoms with Gasteiger partial charge in [0.05, 0.1) is 4.90 Å². The maximum absolute atomic E-state index is 13.8. The van der Waals surface area contributed by atoms with Gasteiger partial charge in [-0.2, -0.15) is 0 Å². The molecule has 0 N–H and O–H groups in total. The minimum absolute atomic E-state index is 0.0179. The molecule has 3 rings (SSSR count). The summed E-state index contributed by atoms with van der Waals surface area (Å²) in [6.45, 7) is 1.27. The fourth-order valence-corrected chi connectivity index (χ4v) is 3.49. The van der Waals surface area contributed by atoms with E-state index < -0.39 is 21.6 Å². The summed E-state index contributed by atoms with van der Waals surface area (Å²) in [5.74, 6) is -1.33. The van der Waals surface area contributed by atoms with Crippen molar-refractivity contribution >= 4 is 32.4 Å². The van der Waals surface area contributed by atoms with Gasteiger partial charge in [0.2, 0.25) is 0 Å². The summed E-state index contributed by atoms with van der Waals surface area (Å²) in [6, 6.07) is 12.9. The molecule has 0 spiro atoms. The summed E-state index contributed by atoms with van der Waals surface area (Å²) in [6.07, 6.45) is 1.08. The Balaban J connectivity index is 2.10. The van der Waals surface area contributed by atoms with Crippen LogP contribution in [0.4, 0.5) is 4.39 Å². The van der Waals surface area contributed by atoms with Crippen LogP contribution in [0.2, 0.25) is 0 Å². The number of rotatable bonds is 5. The van der Waals surface area contributed by atoms with Crippen LogP contribution in [0.5, 0.6) is 0 Å². The van der Waals surface area contributed by atoms with Crippen LogP contribution in [0.25, 0.3) is 10.8 Å². The minimum atomic E-state index is -3.38. The van der Waals surface area contributed by atoms with Crippen LogP contribution in [-0.4, -0.2) is 26.4 Å². The van der Waals surface area contributed by atoms with E-state index in [1.165, 1.54) is 43.3 Å². The Morgan fingerprint density at radius 3 is 2.29 bits per heavy atom. The van der Waals surface area contributed by atoms with Gasteiger partial charge in [0, 0.05) is 24.3 Å². The molecule has 0 bridgehead atoms. The maximum Gasteiger partial charge on any atom is 0.302 e. The second-order valence-corrected chi connectivity index (χ2v) is 8.43. The van der Waals surface area contributed by atoms with Gasteiger partial charge < -0.3 is 4.74 Å². The van der Waals surface area contributed by atoms with E-state index in [4.69, 9.17) is 4.74 Å². The molecular formula is C21H17FO5S. The molecule has 0 aliphatic carbocycles. The number of benzene rings is 3. The SMILES string of the molecule is CC(=O)OCc1cc(C(=O)c2ccc(S(C)(=O)=O)cc2)c2cc(F)ccc2c1. The Hall–Kier alpha value is -3.06. The number of carbonyl (C=O) groups is 2. The number of hydrogen-bond acceptors (Lipinski definition) is 5. The van der Waals surface area contributed by atoms with Crippen molar-refractivity contribution in [3.05, 3.63) is 77.1 Å². The second-order valence-electron chi connectivity index (χ2n) is 6.41. The molecule has 0 saturated heterocycles. The van der Waals surface area contributed by atoms with Gasteiger partial charge in [-0.1, -0.05) is 6.07 Å². The first-order valence-corrected chi connectivity index (χ1v) is 10.2. The van der Waals surface area contributed by atoms with Crippen molar-refractivity contribution in [1.82, 2.24) is 0 Å². The lowest BCUT2D eigenvalue weighted by Crippen LogP contribution is -2.06. The predicted molar refractivity (Wildman–Crippen MR) is 102 cm³/mol. The Labute approximate surface area is 161 Å². The van der Waals surface area contributed by atoms with E-state index in [1.807, 2.05) is 0 Å². The van der Waals surface area contributed by atoms with Gasteiger partial charge >= 0.3 is 5.97 Å². The first-order valence-electron chi connectivity index (χ1n) is 8.35. The molecule has 5 nitrogen and oxygen atoms in total. The molecule has 0 aliphatic heterocycles. The van der Waals surface area contributed by atoms with Crippen LogP contribution in [0.1, 0.15) is 28.4 Å². The van der Waals surface area contributed by atoms with Crippen molar-refractivity contribution in [3.8, 4) is 0 Å². The van der Waals surface area contributed by atoms with E-state index in [-0.39, 0.29) is 28.4 Å². The quantitative estimate of drug-likeness (QED) is 0.482. The third-order valence-corrected chi connectivity index (χ3v) is 5.34. The van der Waals surface area contributed by atoms with Crippen LogP contribution >= 0.6 is 0 Å². The monoisotopic (exact) mass is 400 g/mol. The molecule has 144 valence electrons. The van der Waals surface area contributed by atoms with Gasteiger partial charge in [0.1, 0.15) is 12.4 Å². The summed E-state index contributed by atoms with van der Waals surface area (Å²) in [5, 5.41) is 1.05. The van der Waals surface area contributed by atoms with Gasteiger partial charge in [0.15, 0.2) is 15.6 Å². The Morgan fingerprint density at radius 1 is 1.00 bits per heavy atom. The molecule has 0 fully saturated rings. The Morgan fingerprint density at radius 2 is 1.68 bits per heavy atom. The largest absolute Gasteiger partial charge is 0.461 e. The average molecular weight is 400 g/mol. The van der Waals surface area contributed by atoms with Crippen LogP contribution < -0.4 is 0 Å². The Kier molecular flexibility index (Phi) is 5.29. The number of ether oxygens (including phenoxy) is 1. The predicted octanol–water partition coefficient (Wildman–Crippen LogP) is 3.68. The average Bonchev–Trinajstić information content (AvgIpc) is 2.64. The van der Waals surface area contributed by atoms with Crippen molar-refractivity contribution in [2.75, 3.05) is 6.26 Å². The van der Waals surface area contributed by atoms with E-state index in [9.17, 15) is 22.4 Å². The molecule has 0 saturated carbocycles. The van der Waals surface area contributed by atoms with E-state index in [2.05, 4.69) is 0 Å². The van der Waals surface area contributed by atoms with E-state index in [0.29, 0.717) is 16.3 Å². The third-order valence-electron chi connectivity index (χ3n) is 4.21. The molecule has 3 aromatic rings. The normalized spacial score (nSPS) is 11.4. The fourth-order valence-electron chi connectivity index (χ4n) is 2.86. The lowest BCUT2D eigenvalue weighted by atomic mass is 9.95. The van der Waals surface area contributed by atoms with Crippen LogP contribution in [0, 0.1) is 5.82 Å². The highest BCUT2D eigenvalue weighted by atomic mass is 32.2. The molecule has 0 aliphatic rings. The molecule has 0 aromatic heterocycles. The number of hydrogen-bond donors (Lipinski definition) is 0. The van der Waals surface area contributed by atoms with Crippen molar-refractivity contribution in [1.29, 1.82) is 0 Å². The van der Waals surface area contributed by atoms with E-state index in [1.54, 1.807) is 18.2 Å². The van der Waals surface area contributed by atoms with Gasteiger partial charge in [0.25, 0.3) is 0 Å². The van der Waals surface area contributed by atoms with Crippen molar-refractivity contribution in [2.24, 2.45) is 0 Å². The standard InChI is InChI=1S/C21H17FO5S/c1-13(23)27-12-14-9-16-3-6-17(22)11-19(16)20(10-14)21(24)15-4-7-18(8-5-15)28(2,25)26/h3-11H,12H2,1-2H3. The molecule has 3 aromatic carbocycles. The minimum Gasteiger partial charge on any atom is -0.461 e. The van der Waals surface area contributed by atoms with Crippen LogP contribution in [-0.2, 0) is 26.0 Å². The zero-order chi connectivity index (χ0) is 20.5. The fraction of sp³-hybridized carbons (Fsp3) is 0.143. The molecule has 7 heteroatoms. The van der Waals surface area contributed by atoms with Gasteiger partial charge in [-0.3, -0.25) is 9.59 Å². The number of ketones is 1. The van der Waals surface area contributed by atoms with E-state index in [0.717, 1.165) is 6.26 Å². The molecule has 0 heterocycles. The van der Waals surface area contributed by atoms with Crippen molar-refractivity contribution in [2.45, 2.75) is 18.4 Å². The van der Waals surface area contributed by atoms with Crippen LogP contribution in [0.15, 0.2) is 59.5 Å². The molecular weight excluding hydrogens is 383 g/mol. The summed E-state index contributed by atoms with van der Waals surface area (Å²) in [4.78, 5) is 24.2. The maximum atomic E-state index is 13.8. The summed E-state index contributed by atoms with van der Waals surface area (Å²) in [7, 11) is -3.38. The van der Waals surface area contributed by atoms with Gasteiger partial charge in [-0.05, 0) is 64.9 Å². The third kappa shape index (κ3) is 4.26. The lowest BCUT2D eigenvalue weighted by molar-refractivity contribution is -0.142. The molecule has 0 unspecified atom stereocenters. The Bertz CT molecular complexity index is 1180. The van der Waals surface area contributed by atoms with Crippen molar-refractivity contribution in [3.63, 3.8) is 0 Å². The molecule has 0 amide bonds. The first kappa shape index (κ1) is 19.7. The smallest absolute Gasteiger partial charge is 0.302 e. The molecule has 0 radical (unpaired) electrons.